The van der Waals surface area contributed by atoms with Crippen LogP contribution in [-0.2, 0) is 4.74 Å². The summed E-state index contributed by atoms with van der Waals surface area (Å²) in [5.41, 5.74) is 0. The molecule has 0 aliphatic carbocycles. The van der Waals surface area contributed by atoms with Crippen LogP contribution < -0.4 is 0 Å². The van der Waals surface area contributed by atoms with Gasteiger partial charge >= 0.3 is 0 Å². The van der Waals surface area contributed by atoms with Crippen LogP contribution in [0.1, 0.15) is 27.7 Å². The molecule has 0 radical (unpaired) electrons. The van der Waals surface area contributed by atoms with E-state index < -0.39 is 0 Å². The molecule has 0 aromatic rings. The Morgan fingerprint density at radius 1 is 1.62 bits per heavy atom. The van der Waals surface area contributed by atoms with Crippen LogP contribution in [0.4, 0.5) is 0 Å². The van der Waals surface area contributed by atoms with Crippen LogP contribution in [0, 0.1) is 5.92 Å². The Kier molecular flexibility index (Phi) is 3.06. The van der Waals surface area contributed by atoms with Crippen LogP contribution in [0.3, 0.4) is 0 Å². The monoisotopic (exact) mass is 116 g/mol. The molecule has 1 atom stereocenters. The van der Waals surface area contributed by atoms with E-state index >= 15 is 0 Å². The highest BCUT2D eigenvalue weighted by atomic mass is 16.6. The van der Waals surface area contributed by atoms with Crippen molar-refractivity contribution in [3.05, 3.63) is 0 Å². The Morgan fingerprint density at radius 2 is 2.12 bits per heavy atom. The molecule has 1 rings (SSSR count). The van der Waals surface area contributed by atoms with Crippen molar-refractivity contribution < 1.29 is 4.74 Å². The first-order chi connectivity index (χ1) is 3.29. The zero-order valence-corrected chi connectivity index (χ0v) is 4.98. The van der Waals surface area contributed by atoms with E-state index in [-0.39, 0.29) is 7.43 Å². The highest BCUT2D eigenvalue weighted by molar-refractivity contribution is 4.69. The quantitative estimate of drug-likeness (QED) is 0.503. The van der Waals surface area contributed by atoms with Crippen LogP contribution in [0.25, 0.3) is 0 Å². The smallest absolute Gasteiger partial charge is 0.0812 e. The molecule has 1 nitrogen and oxygen atoms in total. The van der Waals surface area contributed by atoms with Gasteiger partial charge in [0.25, 0.3) is 0 Å². The fourth-order valence-electron chi connectivity index (χ4n) is 0.730. The molecule has 0 aromatic heterocycles. The van der Waals surface area contributed by atoms with E-state index in [0.29, 0.717) is 6.10 Å². The molecule has 0 N–H and O–H groups in total. The first-order valence-corrected chi connectivity index (χ1v) is 2.90. The van der Waals surface area contributed by atoms with Crippen LogP contribution >= 0.6 is 0 Å². The minimum Gasteiger partial charge on any atom is -0.373 e. The van der Waals surface area contributed by atoms with Crippen LogP contribution in [0.15, 0.2) is 0 Å². The Bertz CT molecular complexity index is 55.4. The first kappa shape index (κ1) is 7.96. The summed E-state index contributed by atoms with van der Waals surface area (Å²) in [5, 5.41) is 0. The van der Waals surface area contributed by atoms with Crippen molar-refractivity contribution in [1.82, 2.24) is 0 Å². The summed E-state index contributed by atoms with van der Waals surface area (Å²) in [5.74, 6) is 0.812. The van der Waals surface area contributed by atoms with Gasteiger partial charge in [-0.3, -0.25) is 0 Å². The second kappa shape index (κ2) is 3.08. The minimum absolute atomic E-state index is 0. The molecule has 1 aliphatic heterocycles. The Morgan fingerprint density at radius 3 is 2.25 bits per heavy atom. The molecule has 1 aliphatic rings. The standard InChI is InChI=1S/C6H12O.CH4/c1-5(2)3-6-4-7-6;/h5-6H,3-4H2,1-2H3;1H4. The van der Waals surface area contributed by atoms with Crippen molar-refractivity contribution >= 4 is 0 Å². The van der Waals surface area contributed by atoms with Gasteiger partial charge in [0.15, 0.2) is 0 Å². The number of hydrogen-bond acceptors (Lipinski definition) is 1. The fraction of sp³-hybridized carbons (Fsp3) is 1.00. The first-order valence-electron chi connectivity index (χ1n) is 2.90. The number of hydrogen-bond donors (Lipinski definition) is 0. The average molecular weight is 116 g/mol. The van der Waals surface area contributed by atoms with Crippen molar-refractivity contribution in [3.63, 3.8) is 0 Å². The summed E-state index contributed by atoms with van der Waals surface area (Å²) in [6.45, 7) is 5.46. The maximum Gasteiger partial charge on any atom is 0.0812 e. The van der Waals surface area contributed by atoms with E-state index in [9.17, 15) is 0 Å². The van der Waals surface area contributed by atoms with Gasteiger partial charge in [-0.15, -0.1) is 0 Å². The van der Waals surface area contributed by atoms with E-state index in [2.05, 4.69) is 13.8 Å². The number of epoxide rings is 1. The third-order valence-electron chi connectivity index (χ3n) is 1.14. The molecule has 0 aromatic carbocycles. The van der Waals surface area contributed by atoms with Gasteiger partial charge in [0.05, 0.1) is 12.7 Å². The normalized spacial score (nSPS) is 25.1. The third kappa shape index (κ3) is 3.03. The molecule has 50 valence electrons. The Hall–Kier alpha value is -0.0400. The minimum atomic E-state index is 0. The Labute approximate surface area is 52.0 Å². The summed E-state index contributed by atoms with van der Waals surface area (Å²) in [7, 11) is 0. The van der Waals surface area contributed by atoms with Gasteiger partial charge < -0.3 is 4.74 Å². The molecule has 0 saturated carbocycles. The average Bonchev–Trinajstić information content (AvgIpc) is 2.17. The lowest BCUT2D eigenvalue weighted by molar-refractivity contribution is 0.370. The van der Waals surface area contributed by atoms with Crippen molar-refractivity contribution in [2.24, 2.45) is 5.92 Å². The molecule has 1 fully saturated rings. The van der Waals surface area contributed by atoms with Crippen molar-refractivity contribution in [2.45, 2.75) is 33.8 Å². The second-order valence-electron chi connectivity index (χ2n) is 2.58. The van der Waals surface area contributed by atoms with Crippen molar-refractivity contribution in [1.29, 1.82) is 0 Å². The summed E-state index contributed by atoms with van der Waals surface area (Å²) >= 11 is 0. The van der Waals surface area contributed by atoms with E-state index in [1.807, 2.05) is 0 Å². The summed E-state index contributed by atoms with van der Waals surface area (Å²) in [6.07, 6.45) is 1.87. The molecular formula is C7H16O. The van der Waals surface area contributed by atoms with E-state index in [0.717, 1.165) is 12.5 Å². The molecule has 1 heterocycles. The summed E-state index contributed by atoms with van der Waals surface area (Å²) < 4.78 is 5.02. The highest BCUT2D eigenvalue weighted by Crippen LogP contribution is 2.17. The van der Waals surface area contributed by atoms with Gasteiger partial charge in [-0.2, -0.15) is 0 Å². The summed E-state index contributed by atoms with van der Waals surface area (Å²) in [6, 6.07) is 0. The lowest BCUT2D eigenvalue weighted by Gasteiger charge is -1.95. The van der Waals surface area contributed by atoms with E-state index in [4.69, 9.17) is 4.74 Å². The second-order valence-corrected chi connectivity index (χ2v) is 2.58. The third-order valence-corrected chi connectivity index (χ3v) is 1.14. The predicted molar refractivity (Wildman–Crippen MR) is 35.9 cm³/mol. The molecule has 1 saturated heterocycles. The molecule has 1 unspecified atom stereocenters. The highest BCUT2D eigenvalue weighted by Gasteiger charge is 2.22. The van der Waals surface area contributed by atoms with Crippen molar-refractivity contribution in [2.75, 3.05) is 6.61 Å². The van der Waals surface area contributed by atoms with Gasteiger partial charge in [0.1, 0.15) is 0 Å². The topological polar surface area (TPSA) is 12.5 Å². The maximum absolute atomic E-state index is 5.02. The molecule has 0 bridgehead atoms. The van der Waals surface area contributed by atoms with Gasteiger partial charge in [-0.1, -0.05) is 21.3 Å². The maximum atomic E-state index is 5.02. The zero-order chi connectivity index (χ0) is 5.28. The van der Waals surface area contributed by atoms with Gasteiger partial charge in [0.2, 0.25) is 0 Å². The molecule has 0 spiro atoms. The molecular weight excluding hydrogens is 100 g/mol. The molecule has 0 amide bonds. The van der Waals surface area contributed by atoms with Crippen LogP contribution in [-0.4, -0.2) is 12.7 Å². The largest absolute Gasteiger partial charge is 0.373 e. The Balaban J connectivity index is 0.000000490. The lowest BCUT2D eigenvalue weighted by Crippen LogP contribution is -1.92. The zero-order valence-electron chi connectivity index (χ0n) is 4.98. The number of ether oxygens (including phenoxy) is 1. The molecule has 1 heteroatoms. The van der Waals surface area contributed by atoms with Crippen LogP contribution in [0.2, 0.25) is 0 Å². The predicted octanol–water partition coefficient (Wildman–Crippen LogP) is 2.07. The number of rotatable bonds is 2. The summed E-state index contributed by atoms with van der Waals surface area (Å²) in [4.78, 5) is 0. The molecule has 8 heavy (non-hydrogen) atoms. The van der Waals surface area contributed by atoms with Crippen LogP contribution in [0.5, 0.6) is 0 Å². The van der Waals surface area contributed by atoms with E-state index in [1.54, 1.807) is 0 Å². The van der Waals surface area contributed by atoms with Gasteiger partial charge in [-0.05, 0) is 12.3 Å². The SMILES string of the molecule is C.CC(C)CC1CO1. The fourth-order valence-corrected chi connectivity index (χ4v) is 0.730. The van der Waals surface area contributed by atoms with Gasteiger partial charge in [0, 0.05) is 0 Å². The van der Waals surface area contributed by atoms with Gasteiger partial charge in [-0.25, -0.2) is 0 Å². The lowest BCUT2D eigenvalue weighted by atomic mass is 10.1. The van der Waals surface area contributed by atoms with E-state index in [1.165, 1.54) is 6.42 Å². The van der Waals surface area contributed by atoms with Crippen molar-refractivity contribution in [3.8, 4) is 0 Å².